The number of carbonyl (C=O) groups excluding carboxylic acids is 3. The molecule has 7 nitrogen and oxygen atoms in total. The molecule has 162 valence electrons. The fourth-order valence-corrected chi connectivity index (χ4v) is 3.50. The van der Waals surface area contributed by atoms with Crippen LogP contribution in [0.2, 0.25) is 0 Å². The van der Waals surface area contributed by atoms with Crippen LogP contribution < -0.4 is 0 Å². The highest BCUT2D eigenvalue weighted by Crippen LogP contribution is 2.41. The summed E-state index contributed by atoms with van der Waals surface area (Å²) in [5, 5.41) is 10.6. The van der Waals surface area contributed by atoms with Crippen LogP contribution in [-0.4, -0.2) is 39.3 Å². The lowest BCUT2D eigenvalue weighted by Gasteiger charge is -2.29. The number of aliphatic hydroxyl groups excluding tert-OH is 1. The maximum absolute atomic E-state index is 13.1. The van der Waals surface area contributed by atoms with Crippen LogP contribution >= 0.6 is 0 Å². The number of nitrogens with zero attached hydrogens (tertiary/aromatic N) is 2. The van der Waals surface area contributed by atoms with E-state index in [1.807, 2.05) is 0 Å². The fraction of sp³-hybridized carbons (Fsp3) is 0.333. The van der Waals surface area contributed by atoms with E-state index in [1.54, 1.807) is 76.5 Å². The highest BCUT2D eigenvalue weighted by atomic mass is 16.5. The Morgan fingerprint density at radius 2 is 1.71 bits per heavy atom. The number of benzene rings is 1. The van der Waals surface area contributed by atoms with Crippen molar-refractivity contribution in [1.82, 2.24) is 9.88 Å². The number of esters is 1. The van der Waals surface area contributed by atoms with Gasteiger partial charge in [-0.1, -0.05) is 32.9 Å². The van der Waals surface area contributed by atoms with Crippen LogP contribution in [0.5, 0.6) is 0 Å². The molecule has 1 unspecified atom stereocenters. The van der Waals surface area contributed by atoms with E-state index < -0.39 is 29.1 Å². The maximum Gasteiger partial charge on any atom is 0.338 e. The molecular weight excluding hydrogens is 396 g/mol. The highest BCUT2D eigenvalue weighted by molar-refractivity contribution is 6.10. The topological polar surface area (TPSA) is 96.8 Å². The third-order valence-electron chi connectivity index (χ3n) is 5.07. The Bertz CT molecular complexity index is 1020. The van der Waals surface area contributed by atoms with Gasteiger partial charge in [0.2, 0.25) is 0 Å². The molecular formula is C24H26N2O5. The van der Waals surface area contributed by atoms with Gasteiger partial charge in [-0.25, -0.2) is 4.79 Å². The molecule has 3 rings (SSSR count). The van der Waals surface area contributed by atoms with Crippen molar-refractivity contribution < 1.29 is 24.2 Å². The fourth-order valence-electron chi connectivity index (χ4n) is 3.50. The molecule has 0 saturated carbocycles. The van der Waals surface area contributed by atoms with Gasteiger partial charge in [0.05, 0.1) is 23.8 Å². The van der Waals surface area contributed by atoms with Gasteiger partial charge < -0.3 is 14.7 Å². The molecule has 2 aromatic rings. The zero-order chi connectivity index (χ0) is 22.8. The van der Waals surface area contributed by atoms with Crippen LogP contribution in [0.4, 0.5) is 0 Å². The van der Waals surface area contributed by atoms with Gasteiger partial charge in [-0.05, 0) is 42.3 Å². The largest absolute Gasteiger partial charge is 0.503 e. The zero-order valence-electron chi connectivity index (χ0n) is 18.1. The molecule has 1 atom stereocenters. The van der Waals surface area contributed by atoms with E-state index in [0.717, 1.165) is 5.56 Å². The van der Waals surface area contributed by atoms with Gasteiger partial charge in [0.25, 0.3) is 5.91 Å². The summed E-state index contributed by atoms with van der Waals surface area (Å²) in [5.41, 5.74) is 1.16. The van der Waals surface area contributed by atoms with Crippen molar-refractivity contribution in [2.24, 2.45) is 5.41 Å². The molecule has 1 aromatic heterocycles. The molecule has 0 saturated heterocycles. The van der Waals surface area contributed by atoms with Gasteiger partial charge in [0, 0.05) is 24.4 Å². The number of carbonyl (C=O) groups is 3. The van der Waals surface area contributed by atoms with Gasteiger partial charge in [0.1, 0.15) is 0 Å². The van der Waals surface area contributed by atoms with Crippen molar-refractivity contribution in [2.75, 3.05) is 6.61 Å². The lowest BCUT2D eigenvalue weighted by atomic mass is 9.82. The Balaban J connectivity index is 1.97. The number of Topliss-reactive ketones (excluding diaryl/α,β-unsaturated/α-hetero) is 1. The van der Waals surface area contributed by atoms with E-state index in [2.05, 4.69) is 4.98 Å². The first-order valence-electron chi connectivity index (χ1n) is 10.1. The van der Waals surface area contributed by atoms with Crippen molar-refractivity contribution in [3.63, 3.8) is 0 Å². The molecule has 1 amide bonds. The number of hydrogen-bond donors (Lipinski definition) is 1. The van der Waals surface area contributed by atoms with Gasteiger partial charge in [-0.15, -0.1) is 0 Å². The number of aliphatic hydroxyl groups is 1. The number of aromatic nitrogens is 1. The van der Waals surface area contributed by atoms with Crippen LogP contribution in [-0.2, 0) is 20.9 Å². The molecule has 0 bridgehead atoms. The van der Waals surface area contributed by atoms with Crippen LogP contribution in [0.15, 0.2) is 60.1 Å². The van der Waals surface area contributed by atoms with E-state index >= 15 is 0 Å². The van der Waals surface area contributed by atoms with Gasteiger partial charge in [-0.3, -0.25) is 14.6 Å². The summed E-state index contributed by atoms with van der Waals surface area (Å²) in [4.78, 5) is 43.4. The summed E-state index contributed by atoms with van der Waals surface area (Å²) < 4.78 is 4.99. The first-order valence-corrected chi connectivity index (χ1v) is 10.1. The number of hydrogen-bond acceptors (Lipinski definition) is 6. The van der Waals surface area contributed by atoms with E-state index in [-0.39, 0.29) is 24.5 Å². The molecule has 0 aliphatic carbocycles. The predicted molar refractivity (Wildman–Crippen MR) is 114 cm³/mol. The second kappa shape index (κ2) is 8.71. The number of amides is 1. The van der Waals surface area contributed by atoms with Gasteiger partial charge in [-0.2, -0.15) is 0 Å². The number of ether oxygens (including phenoxy) is 1. The van der Waals surface area contributed by atoms with Gasteiger partial charge in [0.15, 0.2) is 11.5 Å². The molecule has 1 aliphatic heterocycles. The third kappa shape index (κ3) is 4.50. The Morgan fingerprint density at radius 3 is 2.26 bits per heavy atom. The minimum atomic E-state index is -0.772. The van der Waals surface area contributed by atoms with Crippen molar-refractivity contribution >= 4 is 17.7 Å². The van der Waals surface area contributed by atoms with E-state index in [4.69, 9.17) is 4.74 Å². The average molecular weight is 422 g/mol. The van der Waals surface area contributed by atoms with Crippen LogP contribution in [0.3, 0.4) is 0 Å². The summed E-state index contributed by atoms with van der Waals surface area (Å²) in [5.74, 6) is -1.84. The van der Waals surface area contributed by atoms with Crippen molar-refractivity contribution in [3.8, 4) is 0 Å². The Morgan fingerprint density at radius 1 is 1.10 bits per heavy atom. The van der Waals surface area contributed by atoms with Crippen LogP contribution in [0.1, 0.15) is 55.2 Å². The standard InChI is InChI=1S/C24H26N2O5/c1-5-31-23(30)17-8-6-15(7-9-17)14-26-19(16-10-12-25-13-11-16)18(20(27)22(26)29)21(28)24(2,3)4/h6-13,19,27H,5,14H2,1-4H3. The molecule has 7 heteroatoms. The number of rotatable bonds is 6. The van der Waals surface area contributed by atoms with E-state index in [1.165, 1.54) is 4.90 Å². The maximum atomic E-state index is 13.1. The van der Waals surface area contributed by atoms with Crippen LogP contribution in [0.25, 0.3) is 0 Å². The molecule has 0 fully saturated rings. The second-order valence-corrected chi connectivity index (χ2v) is 8.37. The first-order chi connectivity index (χ1) is 14.6. The van der Waals surface area contributed by atoms with Crippen molar-refractivity contribution in [3.05, 3.63) is 76.8 Å². The predicted octanol–water partition coefficient (Wildman–Crippen LogP) is 3.77. The SMILES string of the molecule is CCOC(=O)c1ccc(CN2C(=O)C(O)=C(C(=O)C(C)(C)C)C2c2ccncc2)cc1. The molecule has 0 spiro atoms. The summed E-state index contributed by atoms with van der Waals surface area (Å²) in [6.45, 7) is 7.42. The zero-order valence-corrected chi connectivity index (χ0v) is 18.1. The van der Waals surface area contributed by atoms with Crippen molar-refractivity contribution in [1.29, 1.82) is 0 Å². The minimum Gasteiger partial charge on any atom is -0.503 e. The summed E-state index contributed by atoms with van der Waals surface area (Å²) >= 11 is 0. The second-order valence-electron chi connectivity index (χ2n) is 8.37. The summed E-state index contributed by atoms with van der Waals surface area (Å²) in [7, 11) is 0. The quantitative estimate of drug-likeness (QED) is 0.712. The molecule has 2 heterocycles. The van der Waals surface area contributed by atoms with Crippen molar-refractivity contribution in [2.45, 2.75) is 40.3 Å². The summed E-state index contributed by atoms with van der Waals surface area (Å²) in [6, 6.07) is 9.43. The van der Waals surface area contributed by atoms with Gasteiger partial charge >= 0.3 is 5.97 Å². The van der Waals surface area contributed by atoms with E-state index in [9.17, 15) is 19.5 Å². The molecule has 31 heavy (non-hydrogen) atoms. The molecule has 1 N–H and O–H groups in total. The minimum absolute atomic E-state index is 0.0897. The smallest absolute Gasteiger partial charge is 0.338 e. The van der Waals surface area contributed by atoms with Crippen LogP contribution in [0, 0.1) is 5.41 Å². The molecule has 1 aromatic carbocycles. The average Bonchev–Trinajstić information content (AvgIpc) is 2.98. The Kier molecular flexibility index (Phi) is 6.24. The molecule has 0 radical (unpaired) electrons. The molecule has 1 aliphatic rings. The highest BCUT2D eigenvalue weighted by Gasteiger charge is 2.45. The third-order valence-corrected chi connectivity index (χ3v) is 5.07. The lowest BCUT2D eigenvalue weighted by molar-refractivity contribution is -0.130. The normalized spacial score (nSPS) is 16.6. The van der Waals surface area contributed by atoms with E-state index in [0.29, 0.717) is 11.1 Å². The first kappa shape index (κ1) is 22.2. The summed E-state index contributed by atoms with van der Waals surface area (Å²) in [6.07, 6.45) is 3.17. The monoisotopic (exact) mass is 422 g/mol. The lowest BCUT2D eigenvalue weighted by Crippen LogP contribution is -2.32. The number of pyridine rings is 1. The Hall–Kier alpha value is -3.48. The number of ketones is 1. The Labute approximate surface area is 181 Å².